The monoisotopic (exact) mass is 321 g/mol. The van der Waals surface area contributed by atoms with E-state index in [4.69, 9.17) is 5.11 Å². The number of rotatable bonds is 3. The van der Waals surface area contributed by atoms with Gasteiger partial charge in [0.15, 0.2) is 23.3 Å². The van der Waals surface area contributed by atoms with Crippen molar-refractivity contribution < 1.29 is 31.9 Å². The number of halogens is 5. The summed E-state index contributed by atoms with van der Waals surface area (Å²) in [5.74, 6) is -11.7. The molecule has 0 radical (unpaired) electrons. The number of carbonyl (C=O) groups is 1. The summed E-state index contributed by atoms with van der Waals surface area (Å²) in [7, 11) is 0. The lowest BCUT2D eigenvalue weighted by atomic mass is 10.3. The standard InChI is InChI=1S/C12H4F5NO2S/c13-6-7(14)9(16)11(10(17)8(6)15)21-5-3-4(12(19)20)1-2-18-5/h1-3H,(H,19,20). The van der Waals surface area contributed by atoms with Gasteiger partial charge in [0.25, 0.3) is 0 Å². The Balaban J connectivity index is 2.50. The van der Waals surface area contributed by atoms with Crippen LogP contribution in [-0.4, -0.2) is 16.1 Å². The van der Waals surface area contributed by atoms with E-state index >= 15 is 0 Å². The molecule has 0 fully saturated rings. The van der Waals surface area contributed by atoms with Gasteiger partial charge in [0.2, 0.25) is 5.82 Å². The summed E-state index contributed by atoms with van der Waals surface area (Å²) >= 11 is 0.138. The molecule has 0 amide bonds. The molecular weight excluding hydrogens is 317 g/mol. The van der Waals surface area contributed by atoms with Crippen LogP contribution < -0.4 is 0 Å². The van der Waals surface area contributed by atoms with Gasteiger partial charge < -0.3 is 5.11 Å². The second-order valence-corrected chi connectivity index (χ2v) is 4.72. The lowest BCUT2D eigenvalue weighted by Gasteiger charge is -2.07. The number of aromatic carboxylic acids is 1. The van der Waals surface area contributed by atoms with Gasteiger partial charge in [-0.3, -0.25) is 0 Å². The van der Waals surface area contributed by atoms with E-state index in [1.807, 2.05) is 0 Å². The predicted octanol–water partition coefficient (Wildman–Crippen LogP) is 3.63. The molecule has 2 aromatic rings. The summed E-state index contributed by atoms with van der Waals surface area (Å²) < 4.78 is 65.8. The number of pyridine rings is 1. The fourth-order valence-electron chi connectivity index (χ4n) is 1.38. The molecule has 3 nitrogen and oxygen atoms in total. The maximum Gasteiger partial charge on any atom is 0.335 e. The van der Waals surface area contributed by atoms with Crippen molar-refractivity contribution in [2.24, 2.45) is 0 Å². The number of carboxylic acid groups (broad SMARTS) is 1. The van der Waals surface area contributed by atoms with Crippen LogP contribution in [0.15, 0.2) is 28.3 Å². The zero-order chi connectivity index (χ0) is 15.7. The molecule has 1 heterocycles. The van der Waals surface area contributed by atoms with Crippen LogP contribution in [0.4, 0.5) is 22.0 Å². The number of hydrogen-bond acceptors (Lipinski definition) is 3. The lowest BCUT2D eigenvalue weighted by molar-refractivity contribution is 0.0696. The third-order valence-electron chi connectivity index (χ3n) is 2.36. The predicted molar refractivity (Wildman–Crippen MR) is 61.6 cm³/mol. The maximum absolute atomic E-state index is 13.5. The minimum absolute atomic E-state index is 0.138. The Hall–Kier alpha value is -2.16. The molecule has 0 atom stereocenters. The number of nitrogens with zero attached hydrogens (tertiary/aromatic N) is 1. The molecule has 110 valence electrons. The minimum Gasteiger partial charge on any atom is -0.478 e. The highest BCUT2D eigenvalue weighted by atomic mass is 32.2. The molecule has 0 spiro atoms. The summed E-state index contributed by atoms with van der Waals surface area (Å²) in [6.45, 7) is 0. The van der Waals surface area contributed by atoms with Crippen LogP contribution in [0.25, 0.3) is 0 Å². The van der Waals surface area contributed by atoms with Gasteiger partial charge >= 0.3 is 5.97 Å². The van der Waals surface area contributed by atoms with Gasteiger partial charge in [-0.2, -0.15) is 0 Å². The molecule has 9 heteroatoms. The SMILES string of the molecule is O=C(O)c1ccnc(Sc2c(F)c(F)c(F)c(F)c2F)c1. The van der Waals surface area contributed by atoms with Crippen molar-refractivity contribution in [2.45, 2.75) is 9.92 Å². The minimum atomic E-state index is -2.26. The second-order valence-electron chi connectivity index (χ2n) is 3.69. The van der Waals surface area contributed by atoms with Crippen molar-refractivity contribution >= 4 is 17.7 Å². The zero-order valence-corrected chi connectivity index (χ0v) is 10.6. The van der Waals surface area contributed by atoms with Crippen molar-refractivity contribution in [3.63, 3.8) is 0 Å². The first-order valence-electron chi connectivity index (χ1n) is 5.21. The quantitative estimate of drug-likeness (QED) is 0.533. The molecule has 0 bridgehead atoms. The first-order chi connectivity index (χ1) is 9.82. The van der Waals surface area contributed by atoms with E-state index < -0.39 is 40.0 Å². The Morgan fingerprint density at radius 1 is 1.00 bits per heavy atom. The highest BCUT2D eigenvalue weighted by Crippen LogP contribution is 2.34. The fraction of sp³-hybridized carbons (Fsp3) is 0. The normalized spacial score (nSPS) is 10.7. The van der Waals surface area contributed by atoms with E-state index in [0.717, 1.165) is 18.3 Å². The first-order valence-corrected chi connectivity index (χ1v) is 6.03. The molecule has 0 unspecified atom stereocenters. The van der Waals surface area contributed by atoms with Gasteiger partial charge in [0.05, 0.1) is 10.5 Å². The van der Waals surface area contributed by atoms with E-state index in [2.05, 4.69) is 4.98 Å². The Morgan fingerprint density at radius 2 is 1.52 bits per heavy atom. The van der Waals surface area contributed by atoms with Crippen molar-refractivity contribution in [1.82, 2.24) is 4.98 Å². The van der Waals surface area contributed by atoms with Crippen LogP contribution >= 0.6 is 11.8 Å². The van der Waals surface area contributed by atoms with Gasteiger partial charge in [-0.25, -0.2) is 31.7 Å². The van der Waals surface area contributed by atoms with Crippen LogP contribution in [0.2, 0.25) is 0 Å². The molecule has 0 aliphatic carbocycles. The zero-order valence-electron chi connectivity index (χ0n) is 9.83. The Labute approximate surface area is 118 Å². The number of carboxylic acids is 1. The maximum atomic E-state index is 13.5. The van der Waals surface area contributed by atoms with Crippen LogP contribution in [-0.2, 0) is 0 Å². The third-order valence-corrected chi connectivity index (χ3v) is 3.35. The largest absolute Gasteiger partial charge is 0.478 e. The van der Waals surface area contributed by atoms with Crippen LogP contribution in [0.1, 0.15) is 10.4 Å². The first kappa shape index (κ1) is 15.2. The number of benzene rings is 1. The Morgan fingerprint density at radius 3 is 2.05 bits per heavy atom. The van der Waals surface area contributed by atoms with E-state index in [1.165, 1.54) is 0 Å². The summed E-state index contributed by atoms with van der Waals surface area (Å²) in [5, 5.41) is 8.53. The molecule has 21 heavy (non-hydrogen) atoms. The summed E-state index contributed by atoms with van der Waals surface area (Å²) in [4.78, 5) is 13.2. The number of aromatic nitrogens is 1. The molecule has 0 saturated heterocycles. The van der Waals surface area contributed by atoms with Crippen molar-refractivity contribution in [2.75, 3.05) is 0 Å². The molecular formula is C12H4F5NO2S. The van der Waals surface area contributed by atoms with Gasteiger partial charge in [-0.15, -0.1) is 0 Å². The van der Waals surface area contributed by atoms with Gasteiger partial charge in [0, 0.05) is 6.20 Å². The van der Waals surface area contributed by atoms with E-state index in [0.29, 0.717) is 0 Å². The Kier molecular flexibility index (Phi) is 4.12. The molecule has 2 rings (SSSR count). The summed E-state index contributed by atoms with van der Waals surface area (Å²) in [6, 6.07) is 2.07. The van der Waals surface area contributed by atoms with Crippen LogP contribution in [0.5, 0.6) is 0 Å². The van der Waals surface area contributed by atoms with Crippen LogP contribution in [0, 0.1) is 29.1 Å². The molecule has 0 saturated carbocycles. The van der Waals surface area contributed by atoms with Crippen LogP contribution in [0.3, 0.4) is 0 Å². The highest BCUT2D eigenvalue weighted by Gasteiger charge is 2.26. The summed E-state index contributed by atoms with van der Waals surface area (Å²) in [5.41, 5.74) is -0.239. The highest BCUT2D eigenvalue weighted by molar-refractivity contribution is 7.99. The van der Waals surface area contributed by atoms with Crippen molar-refractivity contribution in [3.05, 3.63) is 53.0 Å². The van der Waals surface area contributed by atoms with Gasteiger partial charge in [0.1, 0.15) is 5.03 Å². The fourth-order valence-corrected chi connectivity index (χ4v) is 2.24. The molecule has 0 aliphatic rings. The average molecular weight is 321 g/mol. The third kappa shape index (κ3) is 2.82. The summed E-state index contributed by atoms with van der Waals surface area (Å²) in [6.07, 6.45) is 1.04. The van der Waals surface area contributed by atoms with E-state index in [-0.39, 0.29) is 22.4 Å². The molecule has 0 aliphatic heterocycles. The smallest absolute Gasteiger partial charge is 0.335 e. The molecule has 1 N–H and O–H groups in total. The number of hydrogen-bond donors (Lipinski definition) is 1. The Bertz CT molecular complexity index is 709. The van der Waals surface area contributed by atoms with Gasteiger partial charge in [-0.05, 0) is 12.1 Å². The van der Waals surface area contributed by atoms with E-state index in [1.54, 1.807) is 0 Å². The van der Waals surface area contributed by atoms with Crippen molar-refractivity contribution in [1.29, 1.82) is 0 Å². The van der Waals surface area contributed by atoms with Gasteiger partial charge in [-0.1, -0.05) is 11.8 Å². The molecule has 1 aromatic carbocycles. The topological polar surface area (TPSA) is 50.2 Å². The van der Waals surface area contributed by atoms with E-state index in [9.17, 15) is 26.7 Å². The average Bonchev–Trinajstić information content (AvgIpc) is 2.48. The second kappa shape index (κ2) is 5.68. The van der Waals surface area contributed by atoms with Crippen molar-refractivity contribution in [3.8, 4) is 0 Å². The lowest BCUT2D eigenvalue weighted by Crippen LogP contribution is -2.03. The molecule has 1 aromatic heterocycles.